The SMILES string of the molecule is CS(=O)(=O)c1ccc(-c2noc(CCC3CCNCC3)n2)cc1.Cl. The summed E-state index contributed by atoms with van der Waals surface area (Å²) in [4.78, 5) is 4.70. The molecular weight excluding hydrogens is 350 g/mol. The van der Waals surface area contributed by atoms with E-state index in [2.05, 4.69) is 15.5 Å². The molecule has 3 rings (SSSR count). The van der Waals surface area contributed by atoms with Gasteiger partial charge < -0.3 is 9.84 Å². The van der Waals surface area contributed by atoms with Crippen molar-refractivity contribution >= 4 is 22.2 Å². The minimum Gasteiger partial charge on any atom is -0.339 e. The fourth-order valence-corrected chi connectivity index (χ4v) is 3.45. The second-order valence-corrected chi connectivity index (χ2v) is 8.06. The molecule has 6 nitrogen and oxygen atoms in total. The summed E-state index contributed by atoms with van der Waals surface area (Å²) in [5.41, 5.74) is 0.759. The summed E-state index contributed by atoms with van der Waals surface area (Å²) in [5, 5.41) is 7.35. The number of rotatable bonds is 5. The number of sulfone groups is 1. The molecule has 0 saturated carbocycles. The number of hydrogen-bond donors (Lipinski definition) is 1. The monoisotopic (exact) mass is 371 g/mol. The maximum Gasteiger partial charge on any atom is 0.226 e. The van der Waals surface area contributed by atoms with Crippen LogP contribution >= 0.6 is 12.4 Å². The maximum atomic E-state index is 11.5. The standard InChI is InChI=1S/C16H21N3O3S.ClH/c1-23(20,21)14-5-3-13(4-6-14)16-18-15(22-19-16)7-2-12-8-10-17-11-9-12;/h3-6,12,17H,2,7-11H2,1H3;1H. The third-order valence-electron chi connectivity index (χ3n) is 4.23. The van der Waals surface area contributed by atoms with Gasteiger partial charge in [0.15, 0.2) is 9.84 Å². The molecule has 0 atom stereocenters. The molecule has 1 aromatic heterocycles. The van der Waals surface area contributed by atoms with E-state index in [-0.39, 0.29) is 17.3 Å². The van der Waals surface area contributed by atoms with Crippen LogP contribution < -0.4 is 5.32 Å². The minimum absolute atomic E-state index is 0. The van der Waals surface area contributed by atoms with Crippen LogP contribution in [0.2, 0.25) is 0 Å². The lowest BCUT2D eigenvalue weighted by Crippen LogP contribution is -2.27. The lowest BCUT2D eigenvalue weighted by molar-refractivity contribution is 0.324. The van der Waals surface area contributed by atoms with Crippen LogP contribution in [0.1, 0.15) is 25.2 Å². The number of hydrogen-bond acceptors (Lipinski definition) is 6. The Kier molecular flexibility index (Phi) is 6.37. The molecule has 0 aliphatic carbocycles. The van der Waals surface area contributed by atoms with Crippen LogP contribution in [0.4, 0.5) is 0 Å². The number of aromatic nitrogens is 2. The Hall–Kier alpha value is -1.44. The van der Waals surface area contributed by atoms with Gasteiger partial charge in [0, 0.05) is 18.2 Å². The van der Waals surface area contributed by atoms with E-state index in [1.807, 2.05) is 0 Å². The van der Waals surface area contributed by atoms with Gasteiger partial charge >= 0.3 is 0 Å². The average Bonchev–Trinajstić information content (AvgIpc) is 3.02. The van der Waals surface area contributed by atoms with Gasteiger partial charge in [-0.25, -0.2) is 8.42 Å². The largest absolute Gasteiger partial charge is 0.339 e. The van der Waals surface area contributed by atoms with E-state index in [0.717, 1.165) is 37.4 Å². The highest BCUT2D eigenvalue weighted by Gasteiger charge is 2.16. The Bertz CT molecular complexity index is 753. The van der Waals surface area contributed by atoms with Crippen LogP contribution in [-0.4, -0.2) is 37.9 Å². The van der Waals surface area contributed by atoms with Gasteiger partial charge in [0.2, 0.25) is 11.7 Å². The molecule has 1 fully saturated rings. The van der Waals surface area contributed by atoms with Gasteiger partial charge in [-0.2, -0.15) is 4.98 Å². The summed E-state index contributed by atoms with van der Waals surface area (Å²) in [6.07, 6.45) is 5.45. The minimum atomic E-state index is -3.19. The van der Waals surface area contributed by atoms with Crippen LogP contribution in [-0.2, 0) is 16.3 Å². The molecule has 0 amide bonds. The molecule has 1 aliphatic heterocycles. The zero-order valence-electron chi connectivity index (χ0n) is 13.6. The zero-order valence-corrected chi connectivity index (χ0v) is 15.2. The topological polar surface area (TPSA) is 85.1 Å². The number of halogens is 1. The van der Waals surface area contributed by atoms with Gasteiger partial charge in [0.05, 0.1) is 4.90 Å². The van der Waals surface area contributed by atoms with Crippen molar-refractivity contribution in [2.45, 2.75) is 30.6 Å². The van der Waals surface area contributed by atoms with Crippen molar-refractivity contribution in [3.8, 4) is 11.4 Å². The lowest BCUT2D eigenvalue weighted by Gasteiger charge is -2.21. The van der Waals surface area contributed by atoms with E-state index in [0.29, 0.717) is 11.7 Å². The number of aryl methyl sites for hydroxylation is 1. The quantitative estimate of drug-likeness (QED) is 0.869. The second kappa shape index (κ2) is 8.09. The fourth-order valence-electron chi connectivity index (χ4n) is 2.82. The van der Waals surface area contributed by atoms with Crippen LogP contribution in [0.15, 0.2) is 33.7 Å². The van der Waals surface area contributed by atoms with Crippen molar-refractivity contribution in [2.24, 2.45) is 5.92 Å². The van der Waals surface area contributed by atoms with Crippen molar-refractivity contribution < 1.29 is 12.9 Å². The third-order valence-corrected chi connectivity index (χ3v) is 5.36. The molecule has 1 saturated heterocycles. The van der Waals surface area contributed by atoms with Crippen molar-refractivity contribution in [3.63, 3.8) is 0 Å². The van der Waals surface area contributed by atoms with Gasteiger partial charge in [-0.3, -0.25) is 0 Å². The van der Waals surface area contributed by atoms with E-state index in [1.165, 1.54) is 19.1 Å². The van der Waals surface area contributed by atoms with Crippen molar-refractivity contribution in [1.82, 2.24) is 15.5 Å². The first-order valence-corrected chi connectivity index (χ1v) is 9.75. The summed E-state index contributed by atoms with van der Waals surface area (Å²) < 4.78 is 28.2. The van der Waals surface area contributed by atoms with E-state index in [4.69, 9.17) is 4.52 Å². The molecule has 24 heavy (non-hydrogen) atoms. The van der Waals surface area contributed by atoms with Gasteiger partial charge in [-0.05, 0) is 62.5 Å². The molecule has 1 aliphatic rings. The molecule has 8 heteroatoms. The van der Waals surface area contributed by atoms with Crippen LogP contribution in [0.25, 0.3) is 11.4 Å². The van der Waals surface area contributed by atoms with E-state index in [1.54, 1.807) is 24.3 Å². The fraction of sp³-hybridized carbons (Fsp3) is 0.500. The molecule has 0 radical (unpaired) electrons. The molecule has 0 spiro atoms. The van der Waals surface area contributed by atoms with Gasteiger partial charge in [0.25, 0.3) is 0 Å². The molecule has 2 heterocycles. The van der Waals surface area contributed by atoms with Crippen molar-refractivity contribution in [3.05, 3.63) is 30.2 Å². The van der Waals surface area contributed by atoms with Gasteiger partial charge in [-0.15, -0.1) is 12.4 Å². The van der Waals surface area contributed by atoms with Crippen LogP contribution in [0.5, 0.6) is 0 Å². The molecule has 1 aromatic carbocycles. The van der Waals surface area contributed by atoms with E-state index < -0.39 is 9.84 Å². The summed E-state index contributed by atoms with van der Waals surface area (Å²) in [7, 11) is -3.19. The summed E-state index contributed by atoms with van der Waals surface area (Å²) in [6, 6.07) is 6.54. The van der Waals surface area contributed by atoms with Crippen molar-refractivity contribution in [2.75, 3.05) is 19.3 Å². The maximum absolute atomic E-state index is 11.5. The van der Waals surface area contributed by atoms with Gasteiger partial charge in [0.1, 0.15) is 0 Å². The molecule has 132 valence electrons. The Balaban J connectivity index is 0.00000208. The highest BCUT2D eigenvalue weighted by molar-refractivity contribution is 7.90. The second-order valence-electron chi connectivity index (χ2n) is 6.04. The predicted octanol–water partition coefficient (Wildman–Crippen LogP) is 2.49. The van der Waals surface area contributed by atoms with Gasteiger partial charge in [-0.1, -0.05) is 5.16 Å². The Morgan fingerprint density at radius 3 is 2.50 bits per heavy atom. The predicted molar refractivity (Wildman–Crippen MR) is 94.0 cm³/mol. The van der Waals surface area contributed by atoms with Crippen LogP contribution in [0, 0.1) is 5.92 Å². The Morgan fingerprint density at radius 2 is 1.88 bits per heavy atom. The molecule has 1 N–H and O–H groups in total. The highest BCUT2D eigenvalue weighted by Crippen LogP contribution is 2.21. The molecular formula is C16H22ClN3O3S. The first kappa shape index (κ1) is 18.9. The highest BCUT2D eigenvalue weighted by atomic mass is 35.5. The molecule has 0 bridgehead atoms. The summed E-state index contributed by atoms with van der Waals surface area (Å²) in [5.74, 6) is 1.87. The number of nitrogens with one attached hydrogen (secondary N) is 1. The Labute approximate surface area is 148 Å². The summed E-state index contributed by atoms with van der Waals surface area (Å²) >= 11 is 0. The molecule has 0 unspecified atom stereocenters. The molecule has 2 aromatic rings. The number of benzene rings is 1. The lowest BCUT2D eigenvalue weighted by atomic mass is 9.93. The number of piperidine rings is 1. The smallest absolute Gasteiger partial charge is 0.226 e. The Morgan fingerprint density at radius 1 is 1.21 bits per heavy atom. The average molecular weight is 372 g/mol. The van der Waals surface area contributed by atoms with Crippen molar-refractivity contribution in [1.29, 1.82) is 0 Å². The van der Waals surface area contributed by atoms with Crippen LogP contribution in [0.3, 0.4) is 0 Å². The number of nitrogens with zero attached hydrogens (tertiary/aromatic N) is 2. The normalized spacial score (nSPS) is 15.9. The van der Waals surface area contributed by atoms with E-state index >= 15 is 0 Å². The van der Waals surface area contributed by atoms with E-state index in [9.17, 15) is 8.42 Å². The first-order chi connectivity index (χ1) is 11.0. The summed E-state index contributed by atoms with van der Waals surface area (Å²) in [6.45, 7) is 2.18. The zero-order chi connectivity index (χ0) is 16.3. The first-order valence-electron chi connectivity index (χ1n) is 7.86. The third kappa shape index (κ3) is 4.78.